The zero-order chi connectivity index (χ0) is 24.8. The number of aryl methyl sites for hydroxylation is 2. The first-order chi connectivity index (χ1) is 17.0. The van der Waals surface area contributed by atoms with E-state index in [4.69, 9.17) is 18.7 Å². The van der Waals surface area contributed by atoms with Crippen molar-refractivity contribution in [3.8, 4) is 17.2 Å². The second-order valence-corrected chi connectivity index (χ2v) is 8.05. The molecular formula is C28H28N2O5. The summed E-state index contributed by atoms with van der Waals surface area (Å²) in [6.45, 7) is 4.00. The highest BCUT2D eigenvalue weighted by Gasteiger charge is 2.20. The highest BCUT2D eigenvalue weighted by atomic mass is 16.5. The molecule has 0 unspecified atom stereocenters. The number of nitrogens with one attached hydrogen (secondary N) is 1. The molecular weight excluding hydrogens is 444 g/mol. The van der Waals surface area contributed by atoms with Crippen molar-refractivity contribution in [1.29, 1.82) is 0 Å². The van der Waals surface area contributed by atoms with Gasteiger partial charge in [0.25, 0.3) is 5.91 Å². The van der Waals surface area contributed by atoms with Gasteiger partial charge in [-0.2, -0.15) is 0 Å². The van der Waals surface area contributed by atoms with Crippen LogP contribution in [0.15, 0.2) is 77.3 Å². The number of carbonyl (C=O) groups excluding carboxylic acids is 1. The van der Waals surface area contributed by atoms with Crippen molar-refractivity contribution in [1.82, 2.24) is 10.5 Å². The van der Waals surface area contributed by atoms with Gasteiger partial charge in [0.2, 0.25) is 0 Å². The molecule has 0 bridgehead atoms. The molecule has 0 radical (unpaired) electrons. The lowest BCUT2D eigenvalue weighted by atomic mass is 9.98. The molecule has 1 N–H and O–H groups in total. The van der Waals surface area contributed by atoms with Gasteiger partial charge in [-0.15, -0.1) is 0 Å². The maximum atomic E-state index is 13.3. The van der Waals surface area contributed by atoms with E-state index >= 15 is 0 Å². The number of amides is 1. The average molecular weight is 473 g/mol. The average Bonchev–Trinajstić information content (AvgIpc) is 3.23. The predicted molar refractivity (Wildman–Crippen MR) is 132 cm³/mol. The molecule has 1 aromatic heterocycles. The zero-order valence-electron chi connectivity index (χ0n) is 20.2. The van der Waals surface area contributed by atoms with Gasteiger partial charge in [0, 0.05) is 5.56 Å². The SMILES string of the molecule is COc1ccc([C@@H](NC(=O)c2ccc(OCc3c(C)noc3C)c(OC)c2)c2ccccc2)cc1. The molecule has 35 heavy (non-hydrogen) atoms. The van der Waals surface area contributed by atoms with Crippen molar-refractivity contribution in [2.75, 3.05) is 14.2 Å². The van der Waals surface area contributed by atoms with E-state index in [9.17, 15) is 4.79 Å². The lowest BCUT2D eigenvalue weighted by Crippen LogP contribution is -2.29. The van der Waals surface area contributed by atoms with E-state index in [1.807, 2.05) is 68.4 Å². The lowest BCUT2D eigenvalue weighted by Gasteiger charge is -2.21. The maximum absolute atomic E-state index is 13.3. The summed E-state index contributed by atoms with van der Waals surface area (Å²) in [7, 11) is 3.17. The highest BCUT2D eigenvalue weighted by molar-refractivity contribution is 5.95. The molecule has 3 aromatic carbocycles. The van der Waals surface area contributed by atoms with E-state index in [1.54, 1.807) is 32.4 Å². The molecule has 0 spiro atoms. The Balaban J connectivity index is 1.55. The number of methoxy groups -OCH3 is 2. The van der Waals surface area contributed by atoms with Gasteiger partial charge < -0.3 is 24.1 Å². The smallest absolute Gasteiger partial charge is 0.252 e. The van der Waals surface area contributed by atoms with E-state index in [1.165, 1.54) is 0 Å². The molecule has 7 heteroatoms. The van der Waals surface area contributed by atoms with Crippen LogP contribution in [0.1, 0.15) is 44.5 Å². The Labute approximate surface area is 204 Å². The molecule has 1 amide bonds. The minimum absolute atomic E-state index is 0.231. The predicted octanol–water partition coefficient (Wildman–Crippen LogP) is 5.41. The minimum atomic E-state index is -0.337. The Hall–Kier alpha value is -4.26. The van der Waals surface area contributed by atoms with Crippen molar-refractivity contribution < 1.29 is 23.5 Å². The van der Waals surface area contributed by atoms with Gasteiger partial charge >= 0.3 is 0 Å². The van der Waals surface area contributed by atoms with Crippen LogP contribution in [0.2, 0.25) is 0 Å². The van der Waals surface area contributed by atoms with Gasteiger partial charge in [-0.3, -0.25) is 4.79 Å². The maximum Gasteiger partial charge on any atom is 0.252 e. The van der Waals surface area contributed by atoms with Gasteiger partial charge in [0.15, 0.2) is 11.5 Å². The van der Waals surface area contributed by atoms with Crippen molar-refractivity contribution >= 4 is 5.91 Å². The van der Waals surface area contributed by atoms with Gasteiger partial charge in [-0.1, -0.05) is 47.6 Å². The largest absolute Gasteiger partial charge is 0.497 e. The topological polar surface area (TPSA) is 82.8 Å². The fourth-order valence-electron chi connectivity index (χ4n) is 3.80. The second kappa shape index (κ2) is 10.8. The number of rotatable bonds is 9. The van der Waals surface area contributed by atoms with E-state index in [-0.39, 0.29) is 18.6 Å². The standard InChI is InChI=1S/C28H28N2O5/c1-18-24(19(2)35-30-18)17-34-25-15-12-22(16-26(25)33-4)28(31)29-27(20-8-6-5-7-9-20)21-10-13-23(32-3)14-11-21/h5-16,27H,17H2,1-4H3,(H,29,31)/t27-/m0/s1. The Kier molecular flexibility index (Phi) is 7.35. The van der Waals surface area contributed by atoms with E-state index in [2.05, 4.69) is 10.5 Å². The quantitative estimate of drug-likeness (QED) is 0.351. The number of nitrogens with zero attached hydrogens (tertiary/aromatic N) is 1. The third-order valence-corrected chi connectivity index (χ3v) is 5.84. The molecule has 0 saturated carbocycles. The second-order valence-electron chi connectivity index (χ2n) is 8.05. The van der Waals surface area contributed by atoms with Crippen LogP contribution in [0.3, 0.4) is 0 Å². The van der Waals surface area contributed by atoms with Gasteiger partial charge in [-0.05, 0) is 55.3 Å². The molecule has 0 aliphatic rings. The number of aromatic nitrogens is 1. The fourth-order valence-corrected chi connectivity index (χ4v) is 3.80. The molecule has 4 aromatic rings. The Morgan fingerprint density at radius 2 is 1.63 bits per heavy atom. The van der Waals surface area contributed by atoms with Gasteiger partial charge in [0.1, 0.15) is 18.1 Å². The normalized spacial score (nSPS) is 11.5. The van der Waals surface area contributed by atoms with Crippen LogP contribution < -0.4 is 19.5 Å². The first-order valence-electron chi connectivity index (χ1n) is 11.2. The monoisotopic (exact) mass is 472 g/mol. The number of ether oxygens (including phenoxy) is 3. The molecule has 1 atom stereocenters. The minimum Gasteiger partial charge on any atom is -0.497 e. The lowest BCUT2D eigenvalue weighted by molar-refractivity contribution is 0.0942. The van der Waals surface area contributed by atoms with Crippen LogP contribution in [0, 0.1) is 13.8 Å². The summed E-state index contributed by atoms with van der Waals surface area (Å²) in [6, 6.07) is 22.3. The van der Waals surface area contributed by atoms with Crippen molar-refractivity contribution in [3.63, 3.8) is 0 Å². The van der Waals surface area contributed by atoms with Crippen molar-refractivity contribution in [3.05, 3.63) is 107 Å². The zero-order valence-corrected chi connectivity index (χ0v) is 20.2. The Morgan fingerprint density at radius 1 is 0.914 bits per heavy atom. The van der Waals surface area contributed by atoms with Crippen molar-refractivity contribution in [2.24, 2.45) is 0 Å². The molecule has 0 fully saturated rings. The van der Waals surface area contributed by atoms with E-state index < -0.39 is 0 Å². The summed E-state index contributed by atoms with van der Waals surface area (Å²) in [5.41, 5.74) is 4.04. The number of benzene rings is 3. The number of carbonyl (C=O) groups is 1. The third kappa shape index (κ3) is 5.46. The van der Waals surface area contributed by atoms with Crippen LogP contribution in [0.25, 0.3) is 0 Å². The molecule has 0 saturated heterocycles. The van der Waals surface area contributed by atoms with Crippen LogP contribution in [0.5, 0.6) is 17.2 Å². The molecule has 4 rings (SSSR count). The highest BCUT2D eigenvalue weighted by Crippen LogP contribution is 2.30. The number of hydrogen-bond acceptors (Lipinski definition) is 6. The summed E-state index contributed by atoms with van der Waals surface area (Å²) >= 11 is 0. The number of hydrogen-bond donors (Lipinski definition) is 1. The Morgan fingerprint density at radius 3 is 2.26 bits per heavy atom. The summed E-state index contributed by atoms with van der Waals surface area (Å²) < 4.78 is 21.9. The first kappa shape index (κ1) is 23.9. The molecule has 1 heterocycles. The molecule has 0 aliphatic carbocycles. The van der Waals surface area contributed by atoms with E-state index in [0.29, 0.717) is 22.8 Å². The fraction of sp³-hybridized carbons (Fsp3) is 0.214. The molecule has 180 valence electrons. The van der Waals surface area contributed by atoms with E-state index in [0.717, 1.165) is 28.1 Å². The van der Waals surface area contributed by atoms with Crippen LogP contribution >= 0.6 is 0 Å². The molecule has 0 aliphatic heterocycles. The van der Waals surface area contributed by atoms with Crippen LogP contribution in [-0.4, -0.2) is 25.3 Å². The summed E-state index contributed by atoms with van der Waals surface area (Å²) in [5, 5.41) is 7.10. The first-order valence-corrected chi connectivity index (χ1v) is 11.2. The summed E-state index contributed by atoms with van der Waals surface area (Å²) in [5.74, 6) is 2.22. The van der Waals surface area contributed by atoms with Gasteiger partial charge in [0.05, 0.1) is 31.5 Å². The molecule has 7 nitrogen and oxygen atoms in total. The van der Waals surface area contributed by atoms with Crippen LogP contribution in [-0.2, 0) is 6.61 Å². The Bertz CT molecular complexity index is 1260. The third-order valence-electron chi connectivity index (χ3n) is 5.84. The van der Waals surface area contributed by atoms with Crippen molar-refractivity contribution in [2.45, 2.75) is 26.5 Å². The summed E-state index contributed by atoms with van der Waals surface area (Å²) in [6.07, 6.45) is 0. The van der Waals surface area contributed by atoms with Gasteiger partial charge in [-0.25, -0.2) is 0 Å². The summed E-state index contributed by atoms with van der Waals surface area (Å²) in [4.78, 5) is 13.3. The van der Waals surface area contributed by atoms with Crippen LogP contribution in [0.4, 0.5) is 0 Å².